The van der Waals surface area contributed by atoms with Gasteiger partial charge in [-0.2, -0.15) is 11.8 Å². The molecule has 0 radical (unpaired) electrons. The van der Waals surface area contributed by atoms with E-state index in [-0.39, 0.29) is 30.3 Å². The Kier molecular flexibility index (Phi) is 7.73. The average molecular weight is 339 g/mol. The number of rotatable bonds is 6. The second-order valence-electron chi connectivity index (χ2n) is 5.26. The quantitative estimate of drug-likeness (QED) is 0.849. The van der Waals surface area contributed by atoms with E-state index in [9.17, 15) is 4.79 Å². The van der Waals surface area contributed by atoms with Crippen LogP contribution in [0.15, 0.2) is 42.5 Å². The van der Waals surface area contributed by atoms with Gasteiger partial charge >= 0.3 is 0 Å². The first-order valence-electron chi connectivity index (χ1n) is 7.13. The van der Waals surface area contributed by atoms with Crippen molar-refractivity contribution in [3.63, 3.8) is 0 Å². The van der Waals surface area contributed by atoms with E-state index in [1.165, 1.54) is 10.8 Å². The second kappa shape index (κ2) is 9.03. The zero-order valence-electron chi connectivity index (χ0n) is 12.9. The van der Waals surface area contributed by atoms with Crippen LogP contribution in [-0.4, -0.2) is 24.5 Å². The lowest BCUT2D eigenvalue weighted by molar-refractivity contribution is -0.124. The third-order valence-electron chi connectivity index (χ3n) is 3.59. The number of amides is 1. The molecular formula is C17H23ClN2OS. The lowest BCUT2D eigenvalue weighted by Gasteiger charge is -2.20. The summed E-state index contributed by atoms with van der Waals surface area (Å²) in [7, 11) is 0. The van der Waals surface area contributed by atoms with Gasteiger partial charge in [0.25, 0.3) is 0 Å². The van der Waals surface area contributed by atoms with Crippen LogP contribution < -0.4 is 11.1 Å². The van der Waals surface area contributed by atoms with Crippen molar-refractivity contribution in [2.45, 2.75) is 13.0 Å². The van der Waals surface area contributed by atoms with Gasteiger partial charge in [-0.3, -0.25) is 4.79 Å². The molecule has 2 aromatic carbocycles. The van der Waals surface area contributed by atoms with Crippen molar-refractivity contribution in [2.24, 2.45) is 11.7 Å². The first-order chi connectivity index (χ1) is 10.2. The summed E-state index contributed by atoms with van der Waals surface area (Å²) >= 11 is 1.68. The molecule has 0 spiro atoms. The monoisotopic (exact) mass is 338 g/mol. The number of thioether (sulfide) groups is 1. The van der Waals surface area contributed by atoms with Crippen molar-refractivity contribution in [2.75, 3.05) is 18.6 Å². The van der Waals surface area contributed by atoms with Crippen LogP contribution in [-0.2, 0) is 4.79 Å². The molecule has 3 nitrogen and oxygen atoms in total. The largest absolute Gasteiger partial charge is 0.348 e. The topological polar surface area (TPSA) is 55.1 Å². The van der Waals surface area contributed by atoms with E-state index in [1.807, 2.05) is 31.4 Å². The van der Waals surface area contributed by atoms with E-state index in [1.54, 1.807) is 11.8 Å². The van der Waals surface area contributed by atoms with Gasteiger partial charge in [-0.15, -0.1) is 12.4 Å². The van der Waals surface area contributed by atoms with Crippen molar-refractivity contribution in [1.29, 1.82) is 0 Å². The standard InChI is InChI=1S/C17H22N2OS.ClH/c1-12(11-21-2)17(20)19-16(10-18)15-8-7-13-5-3-4-6-14(13)9-15;/h3-9,12,16H,10-11,18H2,1-2H3,(H,19,20);1H. The van der Waals surface area contributed by atoms with Gasteiger partial charge in [0.15, 0.2) is 0 Å². The molecule has 2 unspecified atom stereocenters. The van der Waals surface area contributed by atoms with Crippen LogP contribution in [0, 0.1) is 5.92 Å². The SMILES string of the molecule is CSCC(C)C(=O)NC(CN)c1ccc2ccccc2c1.Cl. The maximum atomic E-state index is 12.2. The number of benzene rings is 2. The molecule has 5 heteroatoms. The van der Waals surface area contributed by atoms with Crippen molar-refractivity contribution < 1.29 is 4.79 Å². The molecule has 0 aliphatic rings. The maximum Gasteiger partial charge on any atom is 0.224 e. The Morgan fingerprint density at radius 2 is 1.91 bits per heavy atom. The highest BCUT2D eigenvalue weighted by molar-refractivity contribution is 7.98. The van der Waals surface area contributed by atoms with E-state index >= 15 is 0 Å². The Labute approximate surface area is 142 Å². The fourth-order valence-electron chi connectivity index (χ4n) is 2.34. The van der Waals surface area contributed by atoms with Crippen LogP contribution >= 0.6 is 24.2 Å². The number of carbonyl (C=O) groups is 1. The Bertz CT molecular complexity index is 620. The minimum atomic E-state index is -0.133. The predicted octanol–water partition coefficient (Wildman–Crippen LogP) is 3.38. The molecular weight excluding hydrogens is 316 g/mol. The Morgan fingerprint density at radius 3 is 2.55 bits per heavy atom. The van der Waals surface area contributed by atoms with E-state index in [2.05, 4.69) is 29.6 Å². The van der Waals surface area contributed by atoms with Gasteiger partial charge < -0.3 is 11.1 Å². The van der Waals surface area contributed by atoms with Gasteiger partial charge in [0, 0.05) is 18.2 Å². The van der Waals surface area contributed by atoms with Crippen molar-refractivity contribution in [1.82, 2.24) is 5.32 Å². The van der Waals surface area contributed by atoms with E-state index in [4.69, 9.17) is 5.73 Å². The minimum absolute atomic E-state index is 0. The Morgan fingerprint density at radius 1 is 1.23 bits per heavy atom. The average Bonchev–Trinajstić information content (AvgIpc) is 2.52. The summed E-state index contributed by atoms with van der Waals surface area (Å²) in [6.45, 7) is 2.34. The van der Waals surface area contributed by atoms with Crippen LogP contribution in [0.25, 0.3) is 10.8 Å². The highest BCUT2D eigenvalue weighted by atomic mass is 35.5. The maximum absolute atomic E-state index is 12.2. The second-order valence-corrected chi connectivity index (χ2v) is 6.17. The summed E-state index contributed by atoms with van der Waals surface area (Å²) in [6.07, 6.45) is 2.01. The normalized spacial score (nSPS) is 13.2. The summed E-state index contributed by atoms with van der Waals surface area (Å²) in [4.78, 5) is 12.2. The first-order valence-corrected chi connectivity index (χ1v) is 8.53. The third-order valence-corrected chi connectivity index (χ3v) is 4.43. The lowest BCUT2D eigenvalue weighted by atomic mass is 10.0. The predicted molar refractivity (Wildman–Crippen MR) is 98.7 cm³/mol. The molecule has 2 rings (SSSR count). The zero-order chi connectivity index (χ0) is 15.2. The molecule has 0 bridgehead atoms. The van der Waals surface area contributed by atoms with Gasteiger partial charge in [-0.25, -0.2) is 0 Å². The molecule has 2 aromatic rings. The molecule has 0 saturated heterocycles. The number of hydrogen-bond donors (Lipinski definition) is 2. The molecule has 0 aromatic heterocycles. The smallest absolute Gasteiger partial charge is 0.224 e. The molecule has 3 N–H and O–H groups in total. The van der Waals surface area contributed by atoms with Gasteiger partial charge in [0.1, 0.15) is 0 Å². The highest BCUT2D eigenvalue weighted by Gasteiger charge is 2.17. The van der Waals surface area contributed by atoms with E-state index in [0.29, 0.717) is 6.54 Å². The number of nitrogens with one attached hydrogen (secondary N) is 1. The van der Waals surface area contributed by atoms with E-state index in [0.717, 1.165) is 11.3 Å². The summed E-state index contributed by atoms with van der Waals surface area (Å²) < 4.78 is 0. The molecule has 120 valence electrons. The Hall–Kier alpha value is -1.23. The van der Waals surface area contributed by atoms with Crippen molar-refractivity contribution in [3.05, 3.63) is 48.0 Å². The number of carbonyl (C=O) groups excluding carboxylic acids is 1. The number of hydrogen-bond acceptors (Lipinski definition) is 3. The summed E-state index contributed by atoms with van der Waals surface area (Å²) in [5.41, 5.74) is 6.91. The van der Waals surface area contributed by atoms with Crippen molar-refractivity contribution >= 4 is 40.8 Å². The first kappa shape index (κ1) is 18.8. The van der Waals surface area contributed by atoms with Crippen LogP contribution in [0.5, 0.6) is 0 Å². The third kappa shape index (κ3) is 4.63. The molecule has 0 aliphatic heterocycles. The van der Waals surface area contributed by atoms with Gasteiger partial charge in [-0.05, 0) is 28.7 Å². The molecule has 2 atom stereocenters. The van der Waals surface area contributed by atoms with Crippen molar-refractivity contribution in [3.8, 4) is 0 Å². The fraction of sp³-hybridized carbons (Fsp3) is 0.353. The van der Waals surface area contributed by atoms with Gasteiger partial charge in [-0.1, -0.05) is 43.3 Å². The van der Waals surface area contributed by atoms with Crippen LogP contribution in [0.1, 0.15) is 18.5 Å². The number of halogens is 1. The van der Waals surface area contributed by atoms with Gasteiger partial charge in [0.2, 0.25) is 5.91 Å². The number of nitrogens with two attached hydrogens (primary N) is 1. The van der Waals surface area contributed by atoms with Crippen LogP contribution in [0.3, 0.4) is 0 Å². The lowest BCUT2D eigenvalue weighted by Crippen LogP contribution is -2.37. The van der Waals surface area contributed by atoms with Gasteiger partial charge in [0.05, 0.1) is 6.04 Å². The zero-order valence-corrected chi connectivity index (χ0v) is 14.5. The minimum Gasteiger partial charge on any atom is -0.348 e. The summed E-state index contributed by atoms with van der Waals surface area (Å²) in [6, 6.07) is 14.3. The molecule has 0 fully saturated rings. The summed E-state index contributed by atoms with van der Waals surface area (Å²) in [5, 5.41) is 5.42. The molecule has 1 amide bonds. The summed E-state index contributed by atoms with van der Waals surface area (Å²) in [5.74, 6) is 0.878. The van der Waals surface area contributed by atoms with E-state index < -0.39 is 0 Å². The molecule has 0 heterocycles. The molecule has 0 aliphatic carbocycles. The van der Waals surface area contributed by atoms with Crippen LogP contribution in [0.4, 0.5) is 0 Å². The highest BCUT2D eigenvalue weighted by Crippen LogP contribution is 2.20. The number of fused-ring (bicyclic) bond motifs is 1. The molecule has 22 heavy (non-hydrogen) atoms. The van der Waals surface area contributed by atoms with Crippen LogP contribution in [0.2, 0.25) is 0 Å². The fourth-order valence-corrected chi connectivity index (χ4v) is 2.99. The Balaban J connectivity index is 0.00000242. The molecule has 0 saturated carbocycles.